The van der Waals surface area contributed by atoms with Crippen LogP contribution < -0.4 is 0 Å². The van der Waals surface area contributed by atoms with Gasteiger partial charge in [-0.05, 0) is 34.3 Å². The fraction of sp³-hybridized carbons (Fsp3) is 0.440. The van der Waals surface area contributed by atoms with Crippen molar-refractivity contribution in [3.8, 4) is 0 Å². The normalized spacial score (nSPS) is 19.5. The Hall–Kier alpha value is -2.24. The third kappa shape index (κ3) is 3.76. The van der Waals surface area contributed by atoms with Gasteiger partial charge >= 0.3 is 0 Å². The van der Waals surface area contributed by atoms with Gasteiger partial charge in [-0.25, -0.2) is 0 Å². The fourth-order valence-electron chi connectivity index (χ4n) is 5.13. The number of hydrogen-bond acceptors (Lipinski definition) is 3. The van der Waals surface area contributed by atoms with E-state index in [0.29, 0.717) is 22.2 Å². The highest BCUT2D eigenvalue weighted by atomic mass is 28.4. The van der Waals surface area contributed by atoms with Gasteiger partial charge in [-0.1, -0.05) is 90.1 Å². The molecule has 0 aromatic heterocycles. The van der Waals surface area contributed by atoms with E-state index in [1.807, 2.05) is 48.5 Å². The molecule has 3 rings (SSSR count). The summed E-state index contributed by atoms with van der Waals surface area (Å²) >= 11 is 0. The number of amides is 2. The number of benzene rings is 2. The van der Waals surface area contributed by atoms with Crippen LogP contribution in [0.15, 0.2) is 60.7 Å². The first-order valence-electron chi connectivity index (χ1n) is 10.9. The maximum absolute atomic E-state index is 13.3. The van der Waals surface area contributed by atoms with Crippen molar-refractivity contribution >= 4 is 20.1 Å². The first-order valence-corrected chi connectivity index (χ1v) is 13.0. The summed E-state index contributed by atoms with van der Waals surface area (Å²) in [6, 6.07) is 18.4. The van der Waals surface area contributed by atoms with Crippen LogP contribution in [0.4, 0.5) is 0 Å². The van der Waals surface area contributed by atoms with Crippen molar-refractivity contribution in [1.29, 1.82) is 0 Å². The topological polar surface area (TPSA) is 46.6 Å². The van der Waals surface area contributed by atoms with Gasteiger partial charge < -0.3 is 4.43 Å². The van der Waals surface area contributed by atoms with E-state index in [9.17, 15) is 9.59 Å². The second kappa shape index (κ2) is 8.86. The standard InChI is InChI=1S/C25H33NO3Si/c1-17(2)30(18(3)4,19(5)6)29-23-22(20-13-9-7-10-14-20)26(25(23)28)24(27)21-15-11-8-12-16-21/h7-19,22-23H,1-6H3. The number of carbonyl (C=O) groups excluding carboxylic acids is 2. The van der Waals surface area contributed by atoms with E-state index in [-0.39, 0.29) is 11.8 Å². The van der Waals surface area contributed by atoms with Gasteiger partial charge in [0.2, 0.25) is 8.32 Å². The zero-order chi connectivity index (χ0) is 22.1. The average molecular weight is 424 g/mol. The molecular formula is C25H33NO3Si. The predicted octanol–water partition coefficient (Wildman–Crippen LogP) is 5.97. The number of imide groups is 1. The van der Waals surface area contributed by atoms with Crippen molar-refractivity contribution in [3.63, 3.8) is 0 Å². The van der Waals surface area contributed by atoms with E-state index >= 15 is 0 Å². The molecule has 160 valence electrons. The summed E-state index contributed by atoms with van der Waals surface area (Å²) in [4.78, 5) is 27.9. The Kier molecular flexibility index (Phi) is 6.63. The Morgan fingerprint density at radius 3 is 1.77 bits per heavy atom. The minimum atomic E-state index is -2.28. The highest BCUT2D eigenvalue weighted by molar-refractivity contribution is 6.77. The number of likely N-dealkylation sites (tertiary alicyclic amines) is 1. The second-order valence-corrected chi connectivity index (χ2v) is 14.5. The van der Waals surface area contributed by atoms with Crippen molar-refractivity contribution in [2.24, 2.45) is 0 Å². The maximum Gasteiger partial charge on any atom is 0.261 e. The van der Waals surface area contributed by atoms with Crippen LogP contribution in [0.5, 0.6) is 0 Å². The molecule has 0 aliphatic carbocycles. The minimum absolute atomic E-state index is 0.225. The zero-order valence-corrected chi connectivity index (χ0v) is 19.8. The minimum Gasteiger partial charge on any atom is -0.402 e. The molecule has 0 saturated carbocycles. The highest BCUT2D eigenvalue weighted by Crippen LogP contribution is 2.48. The number of β-lactam (4-membered cyclic amide) rings is 1. The van der Waals surface area contributed by atoms with E-state index < -0.39 is 20.5 Å². The van der Waals surface area contributed by atoms with Gasteiger partial charge in [0, 0.05) is 5.56 Å². The summed E-state index contributed by atoms with van der Waals surface area (Å²) in [5.41, 5.74) is 2.54. The van der Waals surface area contributed by atoms with Crippen LogP contribution in [0.25, 0.3) is 0 Å². The lowest BCUT2D eigenvalue weighted by molar-refractivity contribution is -0.159. The van der Waals surface area contributed by atoms with Crippen LogP contribution in [-0.2, 0) is 9.22 Å². The van der Waals surface area contributed by atoms with Crippen molar-refractivity contribution in [1.82, 2.24) is 4.90 Å². The molecule has 0 bridgehead atoms. The van der Waals surface area contributed by atoms with Crippen LogP contribution >= 0.6 is 0 Å². The van der Waals surface area contributed by atoms with Crippen molar-refractivity contribution in [2.45, 2.75) is 70.3 Å². The summed E-state index contributed by atoms with van der Waals surface area (Å²) in [7, 11) is -2.28. The Morgan fingerprint density at radius 1 is 0.833 bits per heavy atom. The molecule has 1 aliphatic heterocycles. The van der Waals surface area contributed by atoms with Gasteiger partial charge in [0.15, 0.2) is 6.10 Å². The molecule has 4 nitrogen and oxygen atoms in total. The van der Waals surface area contributed by atoms with Crippen LogP contribution in [-0.4, -0.2) is 31.1 Å². The molecule has 2 aromatic rings. The molecule has 0 radical (unpaired) electrons. The van der Waals surface area contributed by atoms with Gasteiger partial charge in [0.05, 0.1) is 6.04 Å². The van der Waals surface area contributed by atoms with Crippen molar-refractivity contribution in [3.05, 3.63) is 71.8 Å². The van der Waals surface area contributed by atoms with E-state index in [0.717, 1.165) is 5.56 Å². The number of rotatable bonds is 7. The van der Waals surface area contributed by atoms with E-state index in [1.165, 1.54) is 4.90 Å². The highest BCUT2D eigenvalue weighted by Gasteiger charge is 2.57. The van der Waals surface area contributed by atoms with Crippen LogP contribution in [0.3, 0.4) is 0 Å². The molecule has 5 heteroatoms. The summed E-state index contributed by atoms with van der Waals surface area (Å²) in [6.45, 7) is 13.2. The molecular weight excluding hydrogens is 390 g/mol. The Morgan fingerprint density at radius 2 is 1.30 bits per heavy atom. The summed E-state index contributed by atoms with van der Waals surface area (Å²) in [5.74, 6) is -0.489. The van der Waals surface area contributed by atoms with Crippen molar-refractivity contribution in [2.75, 3.05) is 0 Å². The molecule has 2 unspecified atom stereocenters. The Balaban J connectivity index is 2.00. The van der Waals surface area contributed by atoms with E-state index in [1.54, 1.807) is 12.1 Å². The molecule has 30 heavy (non-hydrogen) atoms. The lowest BCUT2D eigenvalue weighted by atomic mass is 9.90. The molecule has 1 saturated heterocycles. The first-order chi connectivity index (χ1) is 14.2. The van der Waals surface area contributed by atoms with Crippen LogP contribution in [0, 0.1) is 0 Å². The average Bonchev–Trinajstić information content (AvgIpc) is 2.72. The third-order valence-corrected chi connectivity index (χ3v) is 12.5. The quantitative estimate of drug-likeness (QED) is 0.313. The molecule has 2 aromatic carbocycles. The van der Waals surface area contributed by atoms with Gasteiger partial charge in [0.25, 0.3) is 11.8 Å². The summed E-state index contributed by atoms with van der Waals surface area (Å²) in [6.07, 6.45) is -0.612. The number of nitrogens with zero attached hydrogens (tertiary/aromatic N) is 1. The molecule has 1 heterocycles. The second-order valence-electron chi connectivity index (χ2n) is 9.09. The van der Waals surface area contributed by atoms with Crippen LogP contribution in [0.2, 0.25) is 16.6 Å². The predicted molar refractivity (Wildman–Crippen MR) is 123 cm³/mol. The smallest absolute Gasteiger partial charge is 0.261 e. The molecule has 1 fully saturated rings. The monoisotopic (exact) mass is 423 g/mol. The molecule has 1 aliphatic rings. The molecule has 2 atom stereocenters. The third-order valence-electron chi connectivity index (χ3n) is 6.46. The lowest BCUT2D eigenvalue weighted by Crippen LogP contribution is -2.66. The maximum atomic E-state index is 13.3. The van der Waals surface area contributed by atoms with Crippen molar-refractivity contribution < 1.29 is 14.0 Å². The summed E-state index contributed by atoms with van der Waals surface area (Å²) in [5, 5.41) is 0. The molecule has 0 N–H and O–H groups in total. The van der Waals surface area contributed by atoms with Gasteiger partial charge in [-0.2, -0.15) is 0 Å². The lowest BCUT2D eigenvalue weighted by Gasteiger charge is -2.52. The molecule has 0 spiro atoms. The van der Waals surface area contributed by atoms with Crippen LogP contribution in [0.1, 0.15) is 63.5 Å². The Labute approximate surface area is 181 Å². The first kappa shape index (κ1) is 22.4. The number of hydrogen-bond donors (Lipinski definition) is 0. The summed E-state index contributed by atoms with van der Waals surface area (Å²) < 4.78 is 6.85. The Bertz CT molecular complexity index is 858. The SMILES string of the molecule is CC(C)[Si](OC1C(=O)N(C(=O)c2ccccc2)C1c1ccccc1)(C(C)C)C(C)C. The molecule has 2 amide bonds. The zero-order valence-electron chi connectivity index (χ0n) is 18.8. The van der Waals surface area contributed by atoms with Gasteiger partial charge in [-0.15, -0.1) is 0 Å². The fourth-order valence-corrected chi connectivity index (χ4v) is 10.6. The van der Waals surface area contributed by atoms with Gasteiger partial charge in [0.1, 0.15) is 0 Å². The van der Waals surface area contributed by atoms with E-state index in [2.05, 4.69) is 41.5 Å². The largest absolute Gasteiger partial charge is 0.402 e. The number of carbonyl (C=O) groups is 2. The van der Waals surface area contributed by atoms with Gasteiger partial charge in [-0.3, -0.25) is 14.5 Å². The van der Waals surface area contributed by atoms with E-state index in [4.69, 9.17) is 4.43 Å².